The zero-order chi connectivity index (χ0) is 21.6. The summed E-state index contributed by atoms with van der Waals surface area (Å²) in [5, 5.41) is 5.67. The molecule has 0 bridgehead atoms. The molecule has 2 aromatic rings. The first-order chi connectivity index (χ1) is 15.1. The van der Waals surface area contributed by atoms with Crippen molar-refractivity contribution in [2.24, 2.45) is 5.92 Å². The highest BCUT2D eigenvalue weighted by Crippen LogP contribution is 2.33. The summed E-state index contributed by atoms with van der Waals surface area (Å²) in [4.78, 5) is 26.1. The summed E-state index contributed by atoms with van der Waals surface area (Å²) in [6, 6.07) is 13.1. The summed E-state index contributed by atoms with van der Waals surface area (Å²) in [6.45, 7) is 2.90. The van der Waals surface area contributed by atoms with Gasteiger partial charge in [-0.05, 0) is 50.1 Å². The number of benzene rings is 2. The summed E-state index contributed by atoms with van der Waals surface area (Å²) in [6.07, 6.45) is 5.42. The van der Waals surface area contributed by atoms with Crippen molar-refractivity contribution in [2.75, 3.05) is 23.8 Å². The fourth-order valence-corrected chi connectivity index (χ4v) is 4.81. The Bertz CT molecular complexity index is 943. The van der Waals surface area contributed by atoms with Gasteiger partial charge in [0.1, 0.15) is 13.2 Å². The standard InChI is InChI=1S/C24H28N2O4S/c1-16(23(27)25-19-10-11-21-22(15-19)30-13-12-29-21)31-20-9-5-8-18(14-20)26-24(28)17-6-3-2-4-7-17/h5,8-11,14-17H,2-4,6-7,12-13H2,1H3,(H,25,27)(H,26,28). The molecule has 0 aromatic heterocycles. The number of carbonyl (C=O) groups is 2. The highest BCUT2D eigenvalue weighted by atomic mass is 32.2. The predicted octanol–water partition coefficient (Wildman–Crippen LogP) is 5.10. The zero-order valence-electron chi connectivity index (χ0n) is 17.7. The highest BCUT2D eigenvalue weighted by molar-refractivity contribution is 8.00. The van der Waals surface area contributed by atoms with Crippen LogP contribution in [0.1, 0.15) is 39.0 Å². The molecule has 2 N–H and O–H groups in total. The Morgan fingerprint density at radius 3 is 2.48 bits per heavy atom. The smallest absolute Gasteiger partial charge is 0.237 e. The minimum atomic E-state index is -0.308. The number of thioether (sulfide) groups is 1. The molecule has 0 radical (unpaired) electrons. The van der Waals surface area contributed by atoms with E-state index in [0.717, 1.165) is 36.3 Å². The van der Waals surface area contributed by atoms with Gasteiger partial charge in [0.15, 0.2) is 11.5 Å². The van der Waals surface area contributed by atoms with Crippen molar-refractivity contribution in [1.29, 1.82) is 0 Å². The van der Waals surface area contributed by atoms with Crippen LogP contribution < -0.4 is 20.1 Å². The van der Waals surface area contributed by atoms with Gasteiger partial charge in [-0.15, -0.1) is 11.8 Å². The molecular weight excluding hydrogens is 412 g/mol. The van der Waals surface area contributed by atoms with Gasteiger partial charge >= 0.3 is 0 Å². The van der Waals surface area contributed by atoms with Crippen LogP contribution in [0.4, 0.5) is 11.4 Å². The molecule has 1 saturated carbocycles. The summed E-state index contributed by atoms with van der Waals surface area (Å²) in [7, 11) is 0. The first kappa shape index (κ1) is 21.6. The number of carbonyl (C=O) groups excluding carboxylic acids is 2. The Hall–Kier alpha value is -2.67. The van der Waals surface area contributed by atoms with Crippen LogP contribution in [0.3, 0.4) is 0 Å². The Morgan fingerprint density at radius 1 is 0.935 bits per heavy atom. The lowest BCUT2D eigenvalue weighted by atomic mass is 9.88. The second kappa shape index (κ2) is 10.1. The lowest BCUT2D eigenvalue weighted by molar-refractivity contribution is -0.120. The number of rotatable bonds is 6. The molecule has 1 atom stereocenters. The summed E-state index contributed by atoms with van der Waals surface area (Å²) in [5.74, 6) is 1.45. The predicted molar refractivity (Wildman–Crippen MR) is 123 cm³/mol. The van der Waals surface area contributed by atoms with Crippen LogP contribution in [0.25, 0.3) is 0 Å². The van der Waals surface area contributed by atoms with E-state index in [0.29, 0.717) is 30.4 Å². The van der Waals surface area contributed by atoms with Crippen LogP contribution in [-0.4, -0.2) is 30.3 Å². The van der Waals surface area contributed by atoms with Gasteiger partial charge in [0.05, 0.1) is 5.25 Å². The van der Waals surface area contributed by atoms with E-state index in [4.69, 9.17) is 9.47 Å². The molecule has 4 rings (SSSR count). The maximum Gasteiger partial charge on any atom is 0.237 e. The third-order valence-corrected chi connectivity index (χ3v) is 6.66. The Labute approximate surface area is 187 Å². The highest BCUT2D eigenvalue weighted by Gasteiger charge is 2.21. The molecule has 1 fully saturated rings. The molecule has 2 aliphatic rings. The van der Waals surface area contributed by atoms with Crippen molar-refractivity contribution >= 4 is 35.0 Å². The Balaban J connectivity index is 1.33. The zero-order valence-corrected chi connectivity index (χ0v) is 18.5. The number of hydrogen-bond donors (Lipinski definition) is 2. The molecule has 1 unspecified atom stereocenters. The average molecular weight is 441 g/mol. The number of nitrogens with one attached hydrogen (secondary N) is 2. The largest absolute Gasteiger partial charge is 0.486 e. The first-order valence-corrected chi connectivity index (χ1v) is 11.7. The molecule has 2 amide bonds. The van der Waals surface area contributed by atoms with E-state index in [1.54, 1.807) is 12.1 Å². The van der Waals surface area contributed by atoms with E-state index in [-0.39, 0.29) is 23.0 Å². The van der Waals surface area contributed by atoms with Gasteiger partial charge in [-0.25, -0.2) is 0 Å². The van der Waals surface area contributed by atoms with Gasteiger partial charge in [0.25, 0.3) is 0 Å². The van der Waals surface area contributed by atoms with Gasteiger partial charge in [0.2, 0.25) is 11.8 Å². The second-order valence-corrected chi connectivity index (χ2v) is 9.37. The van der Waals surface area contributed by atoms with Gasteiger partial charge in [0, 0.05) is 28.3 Å². The maximum atomic E-state index is 12.7. The van der Waals surface area contributed by atoms with Gasteiger partial charge in [-0.2, -0.15) is 0 Å². The van der Waals surface area contributed by atoms with Crippen molar-refractivity contribution in [2.45, 2.75) is 49.2 Å². The van der Waals surface area contributed by atoms with E-state index in [9.17, 15) is 9.59 Å². The fourth-order valence-electron chi connectivity index (χ4n) is 3.88. The first-order valence-electron chi connectivity index (χ1n) is 10.9. The van der Waals surface area contributed by atoms with Crippen molar-refractivity contribution < 1.29 is 19.1 Å². The minimum absolute atomic E-state index is 0.0988. The molecule has 6 nitrogen and oxygen atoms in total. The van der Waals surface area contributed by atoms with Crippen molar-refractivity contribution in [1.82, 2.24) is 0 Å². The van der Waals surface area contributed by atoms with Crippen LogP contribution in [0.5, 0.6) is 11.5 Å². The molecule has 31 heavy (non-hydrogen) atoms. The Kier molecular flexibility index (Phi) is 7.02. The van der Waals surface area contributed by atoms with E-state index in [1.807, 2.05) is 37.3 Å². The van der Waals surface area contributed by atoms with Crippen molar-refractivity contribution in [3.63, 3.8) is 0 Å². The van der Waals surface area contributed by atoms with E-state index >= 15 is 0 Å². The van der Waals surface area contributed by atoms with E-state index in [2.05, 4.69) is 10.6 Å². The summed E-state index contributed by atoms with van der Waals surface area (Å²) in [5.41, 5.74) is 1.45. The van der Waals surface area contributed by atoms with Gasteiger partial charge in [-0.3, -0.25) is 9.59 Å². The molecular formula is C24H28N2O4S. The fraction of sp³-hybridized carbons (Fsp3) is 0.417. The molecule has 1 aliphatic heterocycles. The maximum absolute atomic E-state index is 12.7. The quantitative estimate of drug-likeness (QED) is 0.612. The average Bonchev–Trinajstić information content (AvgIpc) is 2.79. The van der Waals surface area contributed by atoms with E-state index < -0.39 is 0 Å². The van der Waals surface area contributed by atoms with Crippen LogP contribution in [0.2, 0.25) is 0 Å². The van der Waals surface area contributed by atoms with Crippen LogP contribution in [0.15, 0.2) is 47.4 Å². The monoisotopic (exact) mass is 440 g/mol. The minimum Gasteiger partial charge on any atom is -0.486 e. The third-order valence-electron chi connectivity index (χ3n) is 5.57. The molecule has 0 saturated heterocycles. The van der Waals surface area contributed by atoms with Gasteiger partial charge in [-0.1, -0.05) is 25.3 Å². The van der Waals surface area contributed by atoms with Crippen LogP contribution >= 0.6 is 11.8 Å². The number of amides is 2. The number of hydrogen-bond acceptors (Lipinski definition) is 5. The third kappa shape index (κ3) is 5.73. The Morgan fingerprint density at radius 2 is 1.68 bits per heavy atom. The SMILES string of the molecule is CC(Sc1cccc(NC(=O)C2CCCCC2)c1)C(=O)Nc1ccc2c(c1)OCCO2. The molecule has 7 heteroatoms. The molecule has 0 spiro atoms. The van der Waals surface area contributed by atoms with Crippen LogP contribution in [0, 0.1) is 5.92 Å². The number of ether oxygens (including phenoxy) is 2. The molecule has 1 heterocycles. The normalized spacial score (nSPS) is 16.9. The lowest BCUT2D eigenvalue weighted by Crippen LogP contribution is -2.24. The van der Waals surface area contributed by atoms with Gasteiger partial charge < -0.3 is 20.1 Å². The van der Waals surface area contributed by atoms with Crippen LogP contribution in [-0.2, 0) is 9.59 Å². The second-order valence-electron chi connectivity index (χ2n) is 7.96. The number of anilines is 2. The summed E-state index contributed by atoms with van der Waals surface area (Å²) < 4.78 is 11.1. The molecule has 1 aliphatic carbocycles. The molecule has 164 valence electrons. The van der Waals surface area contributed by atoms with Crippen molar-refractivity contribution in [3.8, 4) is 11.5 Å². The number of fused-ring (bicyclic) bond motifs is 1. The topological polar surface area (TPSA) is 76.7 Å². The van der Waals surface area contributed by atoms with Crippen molar-refractivity contribution in [3.05, 3.63) is 42.5 Å². The lowest BCUT2D eigenvalue weighted by Gasteiger charge is -2.21. The molecule has 2 aromatic carbocycles. The summed E-state index contributed by atoms with van der Waals surface area (Å²) >= 11 is 1.46. The van der Waals surface area contributed by atoms with E-state index in [1.165, 1.54) is 18.2 Å².